The van der Waals surface area contributed by atoms with Crippen molar-refractivity contribution in [2.75, 3.05) is 30.4 Å². The number of carbonyl (C=O) groups is 1. The number of piperidine rings is 1. The molecule has 5 nitrogen and oxygen atoms in total. The summed E-state index contributed by atoms with van der Waals surface area (Å²) >= 11 is 0. The second-order valence-electron chi connectivity index (χ2n) is 5.82. The minimum absolute atomic E-state index is 0.0224. The predicted molar refractivity (Wildman–Crippen MR) is 83.9 cm³/mol. The molecule has 2 rings (SSSR count). The number of hydrogen-bond acceptors (Lipinski definition) is 4. The van der Waals surface area contributed by atoms with Gasteiger partial charge in [0.05, 0.1) is 11.8 Å². The van der Waals surface area contributed by atoms with E-state index in [9.17, 15) is 22.0 Å². The summed E-state index contributed by atoms with van der Waals surface area (Å²) in [5.41, 5.74) is 0.0566. The van der Waals surface area contributed by atoms with Crippen LogP contribution in [0.15, 0.2) is 18.2 Å². The molecule has 0 aromatic heterocycles. The topological polar surface area (TPSA) is 66.5 Å². The Kier molecular flexibility index (Phi) is 5.69. The van der Waals surface area contributed by atoms with Crippen LogP contribution in [0.3, 0.4) is 0 Å². The molecule has 1 heterocycles. The van der Waals surface area contributed by atoms with Crippen molar-refractivity contribution >= 4 is 21.4 Å². The van der Waals surface area contributed by atoms with Gasteiger partial charge in [-0.25, -0.2) is 17.2 Å². The van der Waals surface area contributed by atoms with Gasteiger partial charge >= 0.3 is 0 Å². The maximum absolute atomic E-state index is 13.2. The molecule has 1 atom stereocenters. The van der Waals surface area contributed by atoms with Gasteiger partial charge in [0, 0.05) is 24.6 Å². The molecule has 0 unspecified atom stereocenters. The van der Waals surface area contributed by atoms with Gasteiger partial charge in [0.2, 0.25) is 5.91 Å². The van der Waals surface area contributed by atoms with E-state index in [0.717, 1.165) is 37.3 Å². The van der Waals surface area contributed by atoms with Gasteiger partial charge in [-0.05, 0) is 31.5 Å². The summed E-state index contributed by atoms with van der Waals surface area (Å²) in [5.74, 6) is -1.93. The summed E-state index contributed by atoms with van der Waals surface area (Å²) in [6.07, 6.45) is 3.49. The van der Waals surface area contributed by atoms with Crippen LogP contribution in [0.5, 0.6) is 0 Å². The first-order valence-electron chi connectivity index (χ1n) is 7.43. The number of benzene rings is 1. The molecule has 1 saturated heterocycles. The maximum Gasteiger partial charge on any atom is 0.241 e. The van der Waals surface area contributed by atoms with Crippen LogP contribution in [0.25, 0.3) is 0 Å². The minimum Gasteiger partial charge on any atom is -0.325 e. The SMILES string of the molecule is CS(=O)(=O)CCN1CCCC[C@@H]1C(=O)Nc1cc(F)cc(F)c1. The Hall–Kier alpha value is -1.54. The largest absolute Gasteiger partial charge is 0.325 e. The van der Waals surface area contributed by atoms with Crippen LogP contribution < -0.4 is 5.32 Å². The molecule has 1 aromatic rings. The van der Waals surface area contributed by atoms with Gasteiger partial charge in [-0.15, -0.1) is 0 Å². The zero-order valence-corrected chi connectivity index (χ0v) is 13.7. The van der Waals surface area contributed by atoms with E-state index >= 15 is 0 Å². The molecule has 1 aliphatic rings. The van der Waals surface area contributed by atoms with E-state index in [1.807, 2.05) is 4.90 Å². The molecule has 1 N–H and O–H groups in total. The highest BCUT2D eigenvalue weighted by atomic mass is 32.2. The average molecular weight is 346 g/mol. The summed E-state index contributed by atoms with van der Waals surface area (Å²) in [4.78, 5) is 14.2. The third-order valence-electron chi connectivity index (χ3n) is 3.80. The second-order valence-corrected chi connectivity index (χ2v) is 8.08. The van der Waals surface area contributed by atoms with E-state index < -0.39 is 27.5 Å². The standard InChI is InChI=1S/C15H20F2N2O3S/c1-23(21,22)7-6-19-5-3-2-4-14(19)15(20)18-13-9-11(16)8-12(17)10-13/h8-10,14H,2-7H2,1H3,(H,18,20)/t14-/m1/s1. The fraction of sp³-hybridized carbons (Fsp3) is 0.533. The zero-order chi connectivity index (χ0) is 17.0. The van der Waals surface area contributed by atoms with Crippen LogP contribution in [0.4, 0.5) is 14.5 Å². The molecule has 0 spiro atoms. The lowest BCUT2D eigenvalue weighted by molar-refractivity contribution is -0.122. The number of likely N-dealkylation sites (tertiary alicyclic amines) is 1. The molecule has 1 aliphatic heterocycles. The van der Waals surface area contributed by atoms with Crippen molar-refractivity contribution in [2.45, 2.75) is 25.3 Å². The van der Waals surface area contributed by atoms with Crippen LogP contribution in [0.2, 0.25) is 0 Å². The molecule has 8 heteroatoms. The van der Waals surface area contributed by atoms with E-state index in [2.05, 4.69) is 5.32 Å². The fourth-order valence-corrected chi connectivity index (χ4v) is 3.26. The molecule has 0 aliphatic carbocycles. The summed E-state index contributed by atoms with van der Waals surface area (Å²) in [6, 6.07) is 2.33. The third-order valence-corrected chi connectivity index (χ3v) is 4.72. The number of sulfone groups is 1. The predicted octanol–water partition coefficient (Wildman–Crippen LogP) is 1.80. The van der Waals surface area contributed by atoms with Gasteiger partial charge in [0.25, 0.3) is 0 Å². The van der Waals surface area contributed by atoms with Crippen LogP contribution >= 0.6 is 0 Å². The Bertz CT molecular complexity index is 659. The number of nitrogens with zero attached hydrogens (tertiary/aromatic N) is 1. The summed E-state index contributed by atoms with van der Waals surface area (Å²) in [6.45, 7) is 0.902. The normalized spacial score (nSPS) is 19.5. The zero-order valence-electron chi connectivity index (χ0n) is 12.9. The summed E-state index contributed by atoms with van der Waals surface area (Å²) in [5, 5.41) is 2.51. The van der Waals surface area contributed by atoms with Gasteiger partial charge in [-0.1, -0.05) is 6.42 Å². The molecular formula is C15H20F2N2O3S. The maximum atomic E-state index is 13.2. The first-order valence-corrected chi connectivity index (χ1v) is 9.49. The average Bonchev–Trinajstić information content (AvgIpc) is 2.43. The van der Waals surface area contributed by atoms with Gasteiger partial charge in [-0.3, -0.25) is 9.69 Å². The number of carbonyl (C=O) groups excluding carboxylic acids is 1. The Morgan fingerprint density at radius 1 is 1.26 bits per heavy atom. The number of rotatable bonds is 5. The Labute approximate surface area is 134 Å². The number of halogens is 2. The lowest BCUT2D eigenvalue weighted by atomic mass is 10.0. The highest BCUT2D eigenvalue weighted by molar-refractivity contribution is 7.90. The van der Waals surface area contributed by atoms with Crippen LogP contribution in [-0.2, 0) is 14.6 Å². The number of amides is 1. The van der Waals surface area contributed by atoms with Gasteiger partial charge < -0.3 is 5.32 Å². The molecule has 0 radical (unpaired) electrons. The molecule has 1 fully saturated rings. The van der Waals surface area contributed by atoms with Crippen molar-refractivity contribution in [1.29, 1.82) is 0 Å². The van der Waals surface area contributed by atoms with Crippen molar-refractivity contribution in [2.24, 2.45) is 0 Å². The molecular weight excluding hydrogens is 326 g/mol. The lowest BCUT2D eigenvalue weighted by Crippen LogP contribution is -2.48. The first kappa shape index (κ1) is 17.8. The van der Waals surface area contributed by atoms with Crippen molar-refractivity contribution in [1.82, 2.24) is 4.90 Å². The van der Waals surface area contributed by atoms with Gasteiger partial charge in [0.15, 0.2) is 0 Å². The first-order chi connectivity index (χ1) is 10.7. The van der Waals surface area contributed by atoms with Crippen molar-refractivity contribution in [3.8, 4) is 0 Å². The Morgan fingerprint density at radius 3 is 2.52 bits per heavy atom. The molecule has 0 saturated carbocycles. The van der Waals surface area contributed by atoms with Crippen molar-refractivity contribution < 1.29 is 22.0 Å². The number of hydrogen-bond donors (Lipinski definition) is 1. The Balaban J connectivity index is 2.05. The summed E-state index contributed by atoms with van der Waals surface area (Å²) < 4.78 is 49.0. The van der Waals surface area contributed by atoms with Crippen LogP contribution in [-0.4, -0.2) is 50.4 Å². The molecule has 0 bridgehead atoms. The number of nitrogens with one attached hydrogen (secondary N) is 1. The van der Waals surface area contributed by atoms with Crippen molar-refractivity contribution in [3.05, 3.63) is 29.8 Å². The van der Waals surface area contributed by atoms with E-state index in [1.165, 1.54) is 0 Å². The summed E-state index contributed by atoms with van der Waals surface area (Å²) in [7, 11) is -3.12. The molecule has 23 heavy (non-hydrogen) atoms. The van der Waals surface area contributed by atoms with Crippen LogP contribution in [0, 0.1) is 11.6 Å². The van der Waals surface area contributed by atoms with Crippen molar-refractivity contribution in [3.63, 3.8) is 0 Å². The smallest absolute Gasteiger partial charge is 0.241 e. The van der Waals surface area contributed by atoms with E-state index in [1.54, 1.807) is 0 Å². The minimum atomic E-state index is -3.12. The highest BCUT2D eigenvalue weighted by Crippen LogP contribution is 2.20. The molecule has 1 aromatic carbocycles. The fourth-order valence-electron chi connectivity index (χ4n) is 2.69. The number of anilines is 1. The lowest BCUT2D eigenvalue weighted by Gasteiger charge is -2.34. The van der Waals surface area contributed by atoms with E-state index in [-0.39, 0.29) is 23.9 Å². The van der Waals surface area contributed by atoms with Gasteiger partial charge in [-0.2, -0.15) is 0 Å². The van der Waals surface area contributed by atoms with E-state index in [0.29, 0.717) is 13.0 Å². The molecule has 128 valence electrons. The van der Waals surface area contributed by atoms with Gasteiger partial charge in [0.1, 0.15) is 21.5 Å². The quantitative estimate of drug-likeness (QED) is 0.883. The highest BCUT2D eigenvalue weighted by Gasteiger charge is 2.29. The van der Waals surface area contributed by atoms with Crippen LogP contribution in [0.1, 0.15) is 19.3 Å². The Morgan fingerprint density at radius 2 is 1.91 bits per heavy atom. The van der Waals surface area contributed by atoms with E-state index in [4.69, 9.17) is 0 Å². The third kappa shape index (κ3) is 5.54. The second kappa shape index (κ2) is 7.35. The molecule has 1 amide bonds. The monoisotopic (exact) mass is 346 g/mol.